The first-order valence-corrected chi connectivity index (χ1v) is 9.92. The van der Waals surface area contributed by atoms with E-state index in [1.54, 1.807) is 6.20 Å². The number of ether oxygens (including phenoxy) is 2. The van der Waals surface area contributed by atoms with E-state index < -0.39 is 24.8 Å². The summed E-state index contributed by atoms with van der Waals surface area (Å²) in [6.45, 7) is 0.715. The molecule has 2 aliphatic rings. The van der Waals surface area contributed by atoms with E-state index in [4.69, 9.17) is 10.5 Å². The molecule has 0 radical (unpaired) electrons. The van der Waals surface area contributed by atoms with Gasteiger partial charge in [-0.2, -0.15) is 0 Å². The molecule has 1 amide bonds. The van der Waals surface area contributed by atoms with Gasteiger partial charge in [0, 0.05) is 18.4 Å². The molecule has 12 heteroatoms. The van der Waals surface area contributed by atoms with Crippen molar-refractivity contribution in [3.63, 3.8) is 0 Å². The van der Waals surface area contributed by atoms with Crippen LogP contribution in [0.4, 0.5) is 0 Å². The number of aromatic nitrogens is 2. The lowest BCUT2D eigenvalue weighted by Crippen LogP contribution is -2.68. The maximum atomic E-state index is 12.4. The van der Waals surface area contributed by atoms with Crippen LogP contribution >= 0.6 is 35.1 Å². The molecule has 0 aromatic carbocycles. The lowest BCUT2D eigenvalue weighted by Gasteiger charge is -2.48. The van der Waals surface area contributed by atoms with Crippen LogP contribution in [0.25, 0.3) is 0 Å². The highest BCUT2D eigenvalue weighted by molar-refractivity contribution is 8.01. The maximum absolute atomic E-state index is 12.4. The van der Waals surface area contributed by atoms with E-state index in [-0.39, 0.29) is 17.0 Å². The second-order valence-corrected chi connectivity index (χ2v) is 8.26. The standard InChI is InChI=1S/C13H14N4O5S3/c1-6(18)21-5-22-13(20)10-7(3-23-8-2-15-16-25-8)4-24-12-9(14)11(19)17(10)12/h2,9,12H,3-5,14H2,1H3/t9?,12-/m1/s1. The largest absolute Gasteiger partial charge is 0.428 e. The molecular weight excluding hydrogens is 388 g/mol. The number of hydrogen-bond donors (Lipinski definition) is 1. The Bertz CT molecular complexity index is 723. The smallest absolute Gasteiger partial charge is 0.357 e. The lowest BCUT2D eigenvalue weighted by molar-refractivity contribution is -0.166. The number of rotatable bonds is 6. The van der Waals surface area contributed by atoms with Crippen molar-refractivity contribution in [3.8, 4) is 0 Å². The van der Waals surface area contributed by atoms with Crippen LogP contribution < -0.4 is 5.73 Å². The number of esters is 2. The third-order valence-corrected chi connectivity index (χ3v) is 6.75. The minimum absolute atomic E-state index is 0.188. The van der Waals surface area contributed by atoms with Gasteiger partial charge in [0.15, 0.2) is 0 Å². The molecule has 1 saturated heterocycles. The Morgan fingerprint density at radius 3 is 2.96 bits per heavy atom. The zero-order valence-electron chi connectivity index (χ0n) is 13.0. The van der Waals surface area contributed by atoms with Gasteiger partial charge in [0.25, 0.3) is 0 Å². The molecule has 25 heavy (non-hydrogen) atoms. The number of thioether (sulfide) groups is 2. The Kier molecular flexibility index (Phi) is 5.61. The quantitative estimate of drug-likeness (QED) is 0.305. The topological polar surface area (TPSA) is 125 Å². The molecule has 1 unspecified atom stereocenters. The second kappa shape index (κ2) is 7.72. The van der Waals surface area contributed by atoms with E-state index in [9.17, 15) is 14.4 Å². The summed E-state index contributed by atoms with van der Waals surface area (Å²) in [5.41, 5.74) is 6.74. The first-order valence-electron chi connectivity index (χ1n) is 7.12. The summed E-state index contributed by atoms with van der Waals surface area (Å²) in [5, 5.41) is 3.49. The molecule has 2 atom stereocenters. The van der Waals surface area contributed by atoms with Gasteiger partial charge < -0.3 is 15.2 Å². The number of nitrogens with zero attached hydrogens (tertiary/aromatic N) is 3. The van der Waals surface area contributed by atoms with Gasteiger partial charge in [0.05, 0.1) is 6.20 Å². The molecular formula is C13H14N4O5S3. The van der Waals surface area contributed by atoms with Crippen molar-refractivity contribution >= 4 is 52.9 Å². The van der Waals surface area contributed by atoms with Crippen LogP contribution in [0, 0.1) is 0 Å². The monoisotopic (exact) mass is 402 g/mol. The van der Waals surface area contributed by atoms with E-state index in [0.717, 1.165) is 9.78 Å². The second-order valence-electron chi connectivity index (χ2n) is 5.10. The fourth-order valence-electron chi connectivity index (χ4n) is 2.29. The van der Waals surface area contributed by atoms with Crippen molar-refractivity contribution in [2.45, 2.75) is 22.5 Å². The zero-order valence-corrected chi connectivity index (χ0v) is 15.5. The van der Waals surface area contributed by atoms with Crippen molar-refractivity contribution < 1.29 is 23.9 Å². The van der Waals surface area contributed by atoms with Crippen LogP contribution in [0.5, 0.6) is 0 Å². The Morgan fingerprint density at radius 2 is 2.28 bits per heavy atom. The molecule has 2 aliphatic heterocycles. The van der Waals surface area contributed by atoms with E-state index in [2.05, 4.69) is 14.3 Å². The normalized spacial score (nSPS) is 22.3. The molecule has 134 valence electrons. The molecule has 0 saturated carbocycles. The number of carbonyl (C=O) groups excluding carboxylic acids is 3. The summed E-state index contributed by atoms with van der Waals surface area (Å²) >= 11 is 4.23. The van der Waals surface area contributed by atoms with E-state index in [0.29, 0.717) is 11.5 Å². The van der Waals surface area contributed by atoms with E-state index in [1.807, 2.05) is 0 Å². The first kappa shape index (κ1) is 18.2. The number of β-lactam (4-membered cyclic amide) rings is 1. The van der Waals surface area contributed by atoms with Crippen LogP contribution in [0.15, 0.2) is 21.7 Å². The fourth-order valence-corrected chi connectivity index (χ4v) is 5.15. The summed E-state index contributed by atoms with van der Waals surface area (Å²) in [6.07, 6.45) is 1.64. The van der Waals surface area contributed by atoms with Gasteiger partial charge in [-0.15, -0.1) is 28.6 Å². The summed E-state index contributed by atoms with van der Waals surface area (Å²) in [4.78, 5) is 36.7. The molecule has 1 aromatic heterocycles. The Labute approximate surface area is 155 Å². The van der Waals surface area contributed by atoms with E-state index >= 15 is 0 Å². The number of nitrogens with two attached hydrogens (primary N) is 1. The van der Waals surface area contributed by atoms with Crippen LogP contribution in [0.3, 0.4) is 0 Å². The average Bonchev–Trinajstić information content (AvgIpc) is 3.11. The van der Waals surface area contributed by atoms with Crippen LogP contribution in [-0.4, -0.2) is 62.0 Å². The number of hydrogen-bond acceptors (Lipinski definition) is 11. The van der Waals surface area contributed by atoms with Crippen LogP contribution in [0.1, 0.15) is 6.92 Å². The fraction of sp³-hybridized carbons (Fsp3) is 0.462. The highest BCUT2D eigenvalue weighted by Crippen LogP contribution is 2.41. The van der Waals surface area contributed by atoms with Gasteiger partial charge in [-0.05, 0) is 17.1 Å². The lowest BCUT2D eigenvalue weighted by atomic mass is 10.0. The molecule has 3 heterocycles. The minimum Gasteiger partial charge on any atom is -0.428 e. The van der Waals surface area contributed by atoms with Crippen LogP contribution in [-0.2, 0) is 23.9 Å². The van der Waals surface area contributed by atoms with Gasteiger partial charge in [0.1, 0.15) is 21.3 Å². The van der Waals surface area contributed by atoms with Crippen LogP contribution in [0.2, 0.25) is 0 Å². The summed E-state index contributed by atoms with van der Waals surface area (Å²) in [6, 6.07) is -0.624. The third-order valence-electron chi connectivity index (χ3n) is 3.46. The Balaban J connectivity index is 1.77. The summed E-state index contributed by atoms with van der Waals surface area (Å²) in [5.74, 6) is -0.544. The Hall–Kier alpha value is -1.63. The average molecular weight is 402 g/mol. The van der Waals surface area contributed by atoms with Crippen molar-refractivity contribution in [2.24, 2.45) is 5.73 Å². The summed E-state index contributed by atoms with van der Waals surface area (Å²) < 4.78 is 14.3. The van der Waals surface area contributed by atoms with Gasteiger partial charge in [-0.3, -0.25) is 14.5 Å². The molecule has 0 aliphatic carbocycles. The first-order chi connectivity index (χ1) is 12.0. The van der Waals surface area contributed by atoms with Gasteiger partial charge in [0.2, 0.25) is 12.7 Å². The van der Waals surface area contributed by atoms with Crippen molar-refractivity contribution in [2.75, 3.05) is 18.3 Å². The van der Waals surface area contributed by atoms with Gasteiger partial charge >= 0.3 is 11.9 Å². The van der Waals surface area contributed by atoms with Crippen molar-refractivity contribution in [1.82, 2.24) is 14.5 Å². The van der Waals surface area contributed by atoms with Crippen molar-refractivity contribution in [1.29, 1.82) is 0 Å². The highest BCUT2D eigenvalue weighted by atomic mass is 32.2. The molecule has 1 aromatic rings. The number of fused-ring (bicyclic) bond motifs is 1. The Morgan fingerprint density at radius 1 is 1.48 bits per heavy atom. The number of carbonyl (C=O) groups is 3. The van der Waals surface area contributed by atoms with Crippen molar-refractivity contribution in [3.05, 3.63) is 17.5 Å². The molecule has 0 spiro atoms. The summed E-state index contributed by atoms with van der Waals surface area (Å²) in [7, 11) is 0. The molecule has 3 rings (SSSR count). The molecule has 0 bridgehead atoms. The number of amides is 1. The van der Waals surface area contributed by atoms with Gasteiger partial charge in [-0.25, -0.2) is 4.79 Å². The van der Waals surface area contributed by atoms with E-state index in [1.165, 1.54) is 46.9 Å². The minimum atomic E-state index is -0.704. The zero-order chi connectivity index (χ0) is 18.0. The maximum Gasteiger partial charge on any atom is 0.357 e. The third kappa shape index (κ3) is 3.81. The predicted molar refractivity (Wildman–Crippen MR) is 91.5 cm³/mol. The molecule has 2 N–H and O–H groups in total. The predicted octanol–water partition coefficient (Wildman–Crippen LogP) is 0.191. The van der Waals surface area contributed by atoms with Gasteiger partial charge in [-0.1, -0.05) is 4.49 Å². The highest BCUT2D eigenvalue weighted by Gasteiger charge is 2.52. The SMILES string of the molecule is CC(=O)OCOC(=O)C1=C(CSc2cnns2)CS[C@@H]2C(N)C(=O)N12. The molecule has 9 nitrogen and oxygen atoms in total. The molecule has 1 fully saturated rings.